The smallest absolute Gasteiger partial charge is 0.362 e. The molecule has 1 aliphatic heterocycles. The van der Waals surface area contributed by atoms with Crippen LogP contribution < -0.4 is 10.6 Å². The average molecular weight is 407 g/mol. The summed E-state index contributed by atoms with van der Waals surface area (Å²) in [7, 11) is 0. The lowest BCUT2D eigenvalue weighted by atomic mass is 10.0. The van der Waals surface area contributed by atoms with Gasteiger partial charge in [0, 0.05) is 17.5 Å². The summed E-state index contributed by atoms with van der Waals surface area (Å²) in [5.41, 5.74) is 0.723. The van der Waals surface area contributed by atoms with Crippen LogP contribution in [0.3, 0.4) is 0 Å². The molecule has 2 N–H and O–H groups in total. The predicted octanol–water partition coefficient (Wildman–Crippen LogP) is 3.93. The van der Waals surface area contributed by atoms with Gasteiger partial charge in [-0.3, -0.25) is 9.78 Å². The lowest BCUT2D eigenvalue weighted by Crippen LogP contribution is -2.36. The Morgan fingerprint density at radius 3 is 2.86 bits per heavy atom. The van der Waals surface area contributed by atoms with Crippen LogP contribution in [0.5, 0.6) is 0 Å². The van der Waals surface area contributed by atoms with E-state index in [1.165, 1.54) is 17.5 Å². The van der Waals surface area contributed by atoms with Crippen LogP contribution in [0.4, 0.5) is 19.0 Å². The molecule has 3 aromatic rings. The molecule has 0 radical (unpaired) electrons. The summed E-state index contributed by atoms with van der Waals surface area (Å²) >= 11 is 1.37. The van der Waals surface area contributed by atoms with Gasteiger partial charge in [-0.2, -0.15) is 18.3 Å². The summed E-state index contributed by atoms with van der Waals surface area (Å²) < 4.78 is 41.7. The van der Waals surface area contributed by atoms with E-state index in [1.807, 2.05) is 5.38 Å². The number of anilines is 1. The fourth-order valence-corrected chi connectivity index (χ4v) is 3.96. The van der Waals surface area contributed by atoms with E-state index < -0.39 is 24.2 Å². The van der Waals surface area contributed by atoms with Crippen LogP contribution in [0, 0.1) is 0 Å². The normalized spacial score (nSPS) is 19.0. The minimum Gasteiger partial charge on any atom is -0.362 e. The van der Waals surface area contributed by atoms with Crippen molar-refractivity contribution in [2.75, 3.05) is 5.32 Å². The molecular weight excluding hydrogens is 391 g/mol. The molecule has 28 heavy (non-hydrogen) atoms. The molecule has 1 aliphatic rings. The van der Waals surface area contributed by atoms with Crippen molar-refractivity contribution in [3.8, 4) is 0 Å². The van der Waals surface area contributed by atoms with Crippen molar-refractivity contribution in [1.29, 1.82) is 0 Å². The van der Waals surface area contributed by atoms with Crippen LogP contribution in [0.25, 0.3) is 0 Å². The number of rotatable bonds is 4. The highest BCUT2D eigenvalue weighted by molar-refractivity contribution is 7.10. The lowest BCUT2D eigenvalue weighted by molar-refractivity contribution is -0.173. The number of nitrogens with zero attached hydrogens (tertiary/aromatic N) is 3. The van der Waals surface area contributed by atoms with Crippen LogP contribution in [0.1, 0.15) is 39.4 Å². The van der Waals surface area contributed by atoms with E-state index >= 15 is 0 Å². The van der Waals surface area contributed by atoms with Gasteiger partial charge in [0.1, 0.15) is 11.4 Å². The van der Waals surface area contributed by atoms with Gasteiger partial charge in [0.25, 0.3) is 5.91 Å². The monoisotopic (exact) mass is 407 g/mol. The Morgan fingerprint density at radius 2 is 2.18 bits per heavy atom. The molecule has 0 fully saturated rings. The van der Waals surface area contributed by atoms with Crippen LogP contribution in [-0.4, -0.2) is 26.8 Å². The van der Waals surface area contributed by atoms with Crippen molar-refractivity contribution in [3.05, 3.63) is 64.2 Å². The van der Waals surface area contributed by atoms with Crippen molar-refractivity contribution in [3.63, 3.8) is 0 Å². The number of aromatic nitrogens is 3. The Morgan fingerprint density at radius 1 is 1.32 bits per heavy atom. The van der Waals surface area contributed by atoms with Gasteiger partial charge in [0.15, 0.2) is 6.04 Å². The Kier molecular flexibility index (Phi) is 4.80. The molecule has 4 rings (SSSR count). The van der Waals surface area contributed by atoms with Gasteiger partial charge in [-0.05, 0) is 23.6 Å². The molecule has 10 heteroatoms. The van der Waals surface area contributed by atoms with Crippen LogP contribution in [-0.2, 0) is 6.54 Å². The average Bonchev–Trinajstić information content (AvgIpc) is 3.35. The molecule has 6 nitrogen and oxygen atoms in total. The van der Waals surface area contributed by atoms with Crippen molar-refractivity contribution in [2.24, 2.45) is 0 Å². The second kappa shape index (κ2) is 7.27. The van der Waals surface area contributed by atoms with Gasteiger partial charge >= 0.3 is 6.18 Å². The molecule has 0 saturated heterocycles. The standard InChI is InChI=1S/C18H16F3N5OS/c19-18(20,21)15-8-13(14-5-3-7-28-14)25-16-12(10-24-26(15)16)17(27)23-9-11-4-1-2-6-22-11/h1-7,10,13,15,25H,8-9H2,(H,23,27)/t13-,15+/m1/s1. The van der Waals surface area contributed by atoms with E-state index in [-0.39, 0.29) is 24.3 Å². The Labute approximate surface area is 162 Å². The molecule has 0 aromatic carbocycles. The minimum absolute atomic E-state index is 0.0745. The third kappa shape index (κ3) is 3.59. The molecule has 0 saturated carbocycles. The van der Waals surface area contributed by atoms with Crippen LogP contribution in [0.2, 0.25) is 0 Å². The summed E-state index contributed by atoms with van der Waals surface area (Å²) in [6, 6.07) is 6.52. The Hall–Kier alpha value is -2.88. The van der Waals surface area contributed by atoms with E-state index in [0.29, 0.717) is 5.69 Å². The zero-order valence-corrected chi connectivity index (χ0v) is 15.3. The second-order valence-electron chi connectivity index (χ2n) is 6.36. The Balaban J connectivity index is 1.61. The van der Waals surface area contributed by atoms with E-state index in [2.05, 4.69) is 20.7 Å². The fourth-order valence-electron chi connectivity index (χ4n) is 3.17. The van der Waals surface area contributed by atoms with Gasteiger partial charge in [0.2, 0.25) is 0 Å². The number of carbonyl (C=O) groups is 1. The number of hydrogen-bond acceptors (Lipinski definition) is 5. The maximum Gasteiger partial charge on any atom is 0.410 e. The first-order valence-corrected chi connectivity index (χ1v) is 9.43. The molecule has 1 amide bonds. The lowest BCUT2D eigenvalue weighted by Gasteiger charge is -2.33. The SMILES string of the molecule is O=C(NCc1ccccn1)c1cnn2c1N[C@@H](c1cccs1)C[C@H]2C(F)(F)F. The van der Waals surface area contributed by atoms with Crippen molar-refractivity contribution >= 4 is 23.1 Å². The van der Waals surface area contributed by atoms with E-state index in [1.54, 1.807) is 36.5 Å². The van der Waals surface area contributed by atoms with E-state index in [4.69, 9.17) is 0 Å². The number of fused-ring (bicyclic) bond motifs is 1. The van der Waals surface area contributed by atoms with Crippen molar-refractivity contribution in [1.82, 2.24) is 20.1 Å². The maximum atomic E-state index is 13.6. The molecule has 0 unspecified atom stereocenters. The first-order chi connectivity index (χ1) is 13.4. The maximum absolute atomic E-state index is 13.6. The number of thiophene rings is 1. The zero-order valence-electron chi connectivity index (χ0n) is 14.5. The predicted molar refractivity (Wildman–Crippen MR) is 98.0 cm³/mol. The van der Waals surface area contributed by atoms with Gasteiger partial charge in [-0.25, -0.2) is 4.68 Å². The summed E-state index contributed by atoms with van der Waals surface area (Å²) in [5, 5.41) is 11.4. The summed E-state index contributed by atoms with van der Waals surface area (Å²) in [5.74, 6) is -0.433. The molecular formula is C18H16F3N5OS. The highest BCUT2D eigenvalue weighted by Crippen LogP contribution is 2.44. The topological polar surface area (TPSA) is 71.8 Å². The summed E-state index contributed by atoms with van der Waals surface area (Å²) in [6.45, 7) is 0.168. The van der Waals surface area contributed by atoms with Gasteiger partial charge in [-0.15, -0.1) is 11.3 Å². The quantitative estimate of drug-likeness (QED) is 0.688. The number of alkyl halides is 3. The highest BCUT2D eigenvalue weighted by Gasteiger charge is 2.47. The molecule has 3 aromatic heterocycles. The van der Waals surface area contributed by atoms with Gasteiger partial charge in [0.05, 0.1) is 24.5 Å². The number of amides is 1. The second-order valence-corrected chi connectivity index (χ2v) is 7.34. The molecule has 2 atom stereocenters. The fraction of sp³-hybridized carbons (Fsp3) is 0.278. The molecule has 146 valence electrons. The van der Waals surface area contributed by atoms with Crippen molar-refractivity contribution < 1.29 is 18.0 Å². The molecule has 4 heterocycles. The molecule has 0 bridgehead atoms. The van der Waals surface area contributed by atoms with Crippen LogP contribution in [0.15, 0.2) is 48.1 Å². The number of carbonyl (C=O) groups excluding carboxylic acids is 1. The van der Waals surface area contributed by atoms with Gasteiger partial charge < -0.3 is 10.6 Å². The van der Waals surface area contributed by atoms with E-state index in [9.17, 15) is 18.0 Å². The van der Waals surface area contributed by atoms with Crippen molar-refractivity contribution in [2.45, 2.75) is 31.2 Å². The number of nitrogens with one attached hydrogen (secondary N) is 2. The summed E-state index contributed by atoms with van der Waals surface area (Å²) in [6.07, 6.45) is -1.89. The molecule has 0 aliphatic carbocycles. The third-order valence-corrected chi connectivity index (χ3v) is 5.51. The third-order valence-electron chi connectivity index (χ3n) is 4.53. The van der Waals surface area contributed by atoms with Gasteiger partial charge in [-0.1, -0.05) is 12.1 Å². The number of pyridine rings is 1. The highest BCUT2D eigenvalue weighted by atomic mass is 32.1. The molecule has 0 spiro atoms. The Bertz CT molecular complexity index is 956. The largest absolute Gasteiger partial charge is 0.410 e. The first-order valence-electron chi connectivity index (χ1n) is 8.56. The first kappa shape index (κ1) is 18.5. The number of hydrogen-bond donors (Lipinski definition) is 2. The van der Waals surface area contributed by atoms with E-state index in [0.717, 1.165) is 9.56 Å². The number of halogens is 3. The minimum atomic E-state index is -4.47. The van der Waals surface area contributed by atoms with Crippen LogP contribution >= 0.6 is 11.3 Å². The summed E-state index contributed by atoms with van der Waals surface area (Å²) in [4.78, 5) is 17.5. The zero-order chi connectivity index (χ0) is 19.7.